The minimum atomic E-state index is -2.21. The van der Waals surface area contributed by atoms with Gasteiger partial charge in [0.2, 0.25) is 5.78 Å². The molecule has 6 rings (SSSR count). The topological polar surface area (TPSA) is 213 Å². The second kappa shape index (κ2) is 15.1. The molecule has 15 nitrogen and oxygen atoms in total. The van der Waals surface area contributed by atoms with Crippen LogP contribution in [0.4, 0.5) is 0 Å². The van der Waals surface area contributed by atoms with Gasteiger partial charge < -0.3 is 49.1 Å². The number of benzene rings is 1. The number of aliphatic hydroxyl groups excluding tert-OH is 2. The Balaban J connectivity index is 1.66. The Morgan fingerprint density at radius 1 is 0.963 bits per heavy atom. The van der Waals surface area contributed by atoms with E-state index in [0.29, 0.717) is 0 Å². The summed E-state index contributed by atoms with van der Waals surface area (Å²) in [5.74, 6) is -11.4. The molecule has 1 aromatic carbocycles. The van der Waals surface area contributed by atoms with E-state index in [-0.39, 0.29) is 33.7 Å². The van der Waals surface area contributed by atoms with Crippen LogP contribution in [0.25, 0.3) is 0 Å². The summed E-state index contributed by atoms with van der Waals surface area (Å²) in [6.45, 7) is 11.7. The summed E-state index contributed by atoms with van der Waals surface area (Å²) in [5, 5.41) is 36.6. The van der Waals surface area contributed by atoms with Gasteiger partial charge >= 0.3 is 17.7 Å². The number of methoxy groups -OCH3 is 1. The molecule has 0 aromatic heterocycles. The molecule has 0 radical (unpaired) electrons. The van der Waals surface area contributed by atoms with Crippen molar-refractivity contribution in [2.24, 2.45) is 23.7 Å². The number of phenols is 1. The predicted molar refractivity (Wildman–Crippen MR) is 189 cm³/mol. The van der Waals surface area contributed by atoms with Gasteiger partial charge in [-0.2, -0.15) is 0 Å². The van der Waals surface area contributed by atoms with Crippen molar-refractivity contribution in [3.8, 4) is 11.5 Å². The average Bonchev–Trinajstić information content (AvgIpc) is 3.62. The molecular weight excluding hydrogens is 706 g/mol. The number of aromatic hydroxyl groups is 1. The van der Waals surface area contributed by atoms with E-state index in [0.717, 1.165) is 12.3 Å². The Labute approximate surface area is 312 Å². The quantitative estimate of drug-likeness (QED) is 0.320. The number of ether oxygens (including phenoxy) is 6. The van der Waals surface area contributed by atoms with Gasteiger partial charge in [-0.1, -0.05) is 45.9 Å². The van der Waals surface area contributed by atoms with Crippen molar-refractivity contribution in [2.45, 2.75) is 91.4 Å². The van der Waals surface area contributed by atoms with E-state index in [1.165, 1.54) is 47.0 Å². The fourth-order valence-corrected chi connectivity index (χ4v) is 7.37. The number of ketones is 2. The van der Waals surface area contributed by atoms with Crippen LogP contribution in [0.15, 0.2) is 47.9 Å². The summed E-state index contributed by atoms with van der Waals surface area (Å²) >= 11 is 0. The number of allylic oxidation sites excluding steroid dienone is 3. The van der Waals surface area contributed by atoms with E-state index >= 15 is 0 Å². The maximum absolute atomic E-state index is 14.3. The Kier molecular flexibility index (Phi) is 11.3. The third-order valence-corrected chi connectivity index (χ3v) is 10.6. The molecule has 54 heavy (non-hydrogen) atoms. The summed E-state index contributed by atoms with van der Waals surface area (Å²) in [4.78, 5) is 66.6. The molecule has 4 N–H and O–H groups in total. The van der Waals surface area contributed by atoms with E-state index < -0.39 is 107 Å². The number of Topliss-reactive ketones (excluding diaryl/α,β-unsaturated/α-hetero) is 2. The van der Waals surface area contributed by atoms with E-state index in [1.54, 1.807) is 39.8 Å². The highest BCUT2D eigenvalue weighted by Gasteiger charge is 2.58. The van der Waals surface area contributed by atoms with Gasteiger partial charge in [-0.3, -0.25) is 19.2 Å². The van der Waals surface area contributed by atoms with Crippen molar-refractivity contribution in [3.05, 3.63) is 70.2 Å². The molecule has 10 atom stereocenters. The molecule has 1 saturated heterocycles. The first-order chi connectivity index (χ1) is 25.3. The molecule has 1 aliphatic carbocycles. The smallest absolute Gasteiger partial charge is 0.335 e. The lowest BCUT2D eigenvalue weighted by molar-refractivity contribution is -0.161. The van der Waals surface area contributed by atoms with E-state index in [1.807, 2.05) is 0 Å². The number of amides is 1. The second-order valence-corrected chi connectivity index (χ2v) is 14.4. The molecular formula is C39H47NO14. The lowest BCUT2D eigenvalue weighted by Crippen LogP contribution is -2.46. The van der Waals surface area contributed by atoms with Crippen LogP contribution in [0.5, 0.6) is 11.5 Å². The van der Waals surface area contributed by atoms with Crippen molar-refractivity contribution in [3.63, 3.8) is 0 Å². The number of fused-ring (bicyclic) bond motifs is 13. The lowest BCUT2D eigenvalue weighted by atomic mass is 9.78. The summed E-state index contributed by atoms with van der Waals surface area (Å²) in [6.07, 6.45) is 4.41. The van der Waals surface area contributed by atoms with E-state index in [4.69, 9.17) is 28.4 Å². The zero-order valence-corrected chi connectivity index (χ0v) is 31.6. The van der Waals surface area contributed by atoms with Crippen LogP contribution in [0.1, 0.15) is 80.3 Å². The first kappa shape index (κ1) is 40.4. The monoisotopic (exact) mass is 753 g/mol. The number of rotatable bonds is 2. The fourth-order valence-electron chi connectivity index (χ4n) is 7.37. The van der Waals surface area contributed by atoms with E-state index in [2.05, 4.69) is 5.32 Å². The highest BCUT2D eigenvalue weighted by molar-refractivity contribution is 6.19. The summed E-state index contributed by atoms with van der Waals surface area (Å²) in [6, 6.07) is 0. The predicted octanol–water partition coefficient (Wildman–Crippen LogP) is 3.17. The molecule has 4 aliphatic heterocycles. The third kappa shape index (κ3) is 7.08. The van der Waals surface area contributed by atoms with Gasteiger partial charge in [0.1, 0.15) is 24.2 Å². The van der Waals surface area contributed by atoms with Gasteiger partial charge in [0.05, 0.1) is 47.0 Å². The van der Waals surface area contributed by atoms with Gasteiger partial charge in [-0.05, 0) is 19.9 Å². The standard InChI is InChI=1S/C39H47NO14/c1-17-11-10-12-18(2)37(48)40-24-15-39(51-16-26(42)53-39)29-27(33(24)46)32(45)22(6)35-28(29)36(47)38(8,54-35)50-14-13-25(49-9)19(3)34(52-23(7)41)21(5)31(44)20(4)30(17)43/h10-15,17,19-21,25,30-31,34,43-45H,16H2,1-9H3,(H,40,48)/t17?,19?,20?,21?,25?,30?,31?,34?,38-,39?/m0/s1. The van der Waals surface area contributed by atoms with Crippen LogP contribution in [-0.4, -0.2) is 88.7 Å². The first-order valence-corrected chi connectivity index (χ1v) is 17.6. The van der Waals surface area contributed by atoms with Crippen LogP contribution in [0.2, 0.25) is 0 Å². The summed E-state index contributed by atoms with van der Waals surface area (Å²) in [7, 11) is 1.42. The van der Waals surface area contributed by atoms with Crippen molar-refractivity contribution in [1.29, 1.82) is 0 Å². The molecule has 5 bridgehead atoms. The Morgan fingerprint density at radius 2 is 1.65 bits per heavy atom. The minimum Gasteiger partial charge on any atom is -0.507 e. The molecule has 0 saturated carbocycles. The molecule has 15 heteroatoms. The molecule has 9 unspecified atom stereocenters. The molecule has 1 amide bonds. The van der Waals surface area contributed by atoms with Gasteiger partial charge in [-0.15, -0.1) is 0 Å². The highest BCUT2D eigenvalue weighted by Crippen LogP contribution is 2.53. The van der Waals surface area contributed by atoms with Gasteiger partial charge in [0.25, 0.3) is 17.5 Å². The summed E-state index contributed by atoms with van der Waals surface area (Å²) < 4.78 is 34.8. The molecule has 4 heterocycles. The number of carbonyl (C=O) groups is 5. The number of hydrogen-bond donors (Lipinski definition) is 4. The molecule has 1 fully saturated rings. The molecule has 5 aliphatic rings. The van der Waals surface area contributed by atoms with Crippen LogP contribution < -0.4 is 10.1 Å². The Hall–Kier alpha value is -4.83. The number of nitrogens with one attached hydrogen (secondary N) is 1. The highest BCUT2D eigenvalue weighted by atomic mass is 16.8. The van der Waals surface area contributed by atoms with Crippen LogP contribution in [0.3, 0.4) is 0 Å². The van der Waals surface area contributed by atoms with Crippen LogP contribution in [0, 0.1) is 30.6 Å². The Bertz CT molecular complexity index is 1880. The number of aliphatic hydroxyl groups is 2. The minimum absolute atomic E-state index is 0.00812. The largest absolute Gasteiger partial charge is 0.507 e. The SMILES string of the molecule is COC1C=CO[C@@]2(C)Oc3c(C)c(O)c4c(c3C2=O)C2(C=C(NC(=O)C(C)=CC=CC(C)C(O)C(C)C(O)C(C)C(OC(C)=O)C1C)C4=O)OCC(=O)O2. The fraction of sp³-hybridized carbons (Fsp3) is 0.513. The summed E-state index contributed by atoms with van der Waals surface area (Å²) in [5.41, 5.74) is -1.23. The molecule has 292 valence electrons. The van der Waals surface area contributed by atoms with Crippen molar-refractivity contribution in [2.75, 3.05) is 13.7 Å². The number of hydrogen-bond acceptors (Lipinski definition) is 14. The van der Waals surface area contributed by atoms with Crippen LogP contribution >= 0.6 is 0 Å². The Morgan fingerprint density at radius 3 is 2.26 bits per heavy atom. The zero-order chi connectivity index (χ0) is 40.0. The normalized spacial score (nSPS) is 34.5. The maximum Gasteiger partial charge on any atom is 0.335 e. The number of esters is 2. The lowest BCUT2D eigenvalue weighted by Gasteiger charge is -2.38. The second-order valence-electron chi connectivity index (χ2n) is 14.4. The molecule has 1 aromatic rings. The number of phenolic OH excluding ortho intramolecular Hbond substituents is 1. The zero-order valence-electron chi connectivity index (χ0n) is 31.6. The van der Waals surface area contributed by atoms with Crippen molar-refractivity contribution in [1.82, 2.24) is 5.32 Å². The molecule has 1 spiro atoms. The third-order valence-electron chi connectivity index (χ3n) is 10.6. The van der Waals surface area contributed by atoms with Gasteiger partial charge in [-0.25, -0.2) is 4.79 Å². The van der Waals surface area contributed by atoms with E-state index in [9.17, 15) is 39.3 Å². The van der Waals surface area contributed by atoms with Gasteiger partial charge in [0.15, 0.2) is 0 Å². The van der Waals surface area contributed by atoms with Gasteiger partial charge in [0, 0.05) is 61.8 Å². The van der Waals surface area contributed by atoms with Crippen molar-refractivity contribution < 1.29 is 67.7 Å². The number of carbonyl (C=O) groups excluding carboxylic acids is 5. The first-order valence-electron chi connectivity index (χ1n) is 17.6. The van der Waals surface area contributed by atoms with Crippen LogP contribution in [-0.2, 0) is 43.9 Å². The average molecular weight is 754 g/mol. The van der Waals surface area contributed by atoms with Crippen molar-refractivity contribution >= 4 is 29.4 Å². The maximum atomic E-state index is 14.3.